The molecular weight excluding hydrogens is 227 g/mol. The highest BCUT2D eigenvalue weighted by molar-refractivity contribution is 5.88. The summed E-state index contributed by atoms with van der Waals surface area (Å²) in [5, 5.41) is 8.58. The minimum absolute atomic E-state index is 0.271. The summed E-state index contributed by atoms with van der Waals surface area (Å²) < 4.78 is 37.5. The number of hydrogen-bond acceptors (Lipinski definition) is 3. The molecule has 0 aliphatic carbocycles. The van der Waals surface area contributed by atoms with Gasteiger partial charge in [0.15, 0.2) is 5.65 Å². The zero-order valence-electron chi connectivity index (χ0n) is 7.54. The fourth-order valence-electron chi connectivity index (χ4n) is 1.25. The molecule has 2 N–H and O–H groups in total. The predicted octanol–water partition coefficient (Wildman–Crippen LogP) is 1.67. The van der Waals surface area contributed by atoms with E-state index in [9.17, 15) is 18.0 Å². The predicted molar refractivity (Wildman–Crippen MR) is 45.8 cm³/mol. The number of H-pyrrole nitrogens is 1. The van der Waals surface area contributed by atoms with Crippen LogP contribution in [0.3, 0.4) is 0 Å². The zero-order chi connectivity index (χ0) is 11.9. The lowest BCUT2D eigenvalue weighted by Gasteiger charge is -2.05. The van der Waals surface area contributed by atoms with Crippen LogP contribution in [0, 0.1) is 0 Å². The third-order valence-corrected chi connectivity index (χ3v) is 1.90. The van der Waals surface area contributed by atoms with Gasteiger partial charge < -0.3 is 10.1 Å². The van der Waals surface area contributed by atoms with E-state index in [2.05, 4.69) is 15.0 Å². The first-order valence-electron chi connectivity index (χ1n) is 4.05. The van der Waals surface area contributed by atoms with Gasteiger partial charge in [0.25, 0.3) is 0 Å². The number of imidazole rings is 1. The largest absolute Gasteiger partial charge is 0.475 e. The smallest absolute Gasteiger partial charge is 0.418 e. The summed E-state index contributed by atoms with van der Waals surface area (Å²) in [6.45, 7) is 0. The van der Waals surface area contributed by atoms with Crippen molar-refractivity contribution in [3.63, 3.8) is 0 Å². The molecule has 0 radical (unpaired) electrons. The Morgan fingerprint density at radius 1 is 1.44 bits per heavy atom. The van der Waals surface area contributed by atoms with Crippen molar-refractivity contribution in [3.05, 3.63) is 23.7 Å². The van der Waals surface area contributed by atoms with E-state index < -0.39 is 29.1 Å². The summed E-state index contributed by atoms with van der Waals surface area (Å²) in [5.74, 6) is -2.01. The molecule has 0 fully saturated rings. The number of nitrogens with one attached hydrogen (secondary N) is 1. The summed E-state index contributed by atoms with van der Waals surface area (Å²) in [6, 6.07) is 0.756. The lowest BCUT2D eigenvalue weighted by Crippen LogP contribution is -2.06. The molecule has 0 atom stereocenters. The van der Waals surface area contributed by atoms with Gasteiger partial charge in [-0.05, 0) is 6.07 Å². The Kier molecular flexibility index (Phi) is 2.07. The number of aromatic carboxylic acids is 1. The highest BCUT2D eigenvalue weighted by Crippen LogP contribution is 2.32. The van der Waals surface area contributed by atoms with Gasteiger partial charge >= 0.3 is 12.1 Å². The first-order chi connectivity index (χ1) is 7.39. The normalized spacial score (nSPS) is 11.9. The second-order valence-corrected chi connectivity index (χ2v) is 2.95. The molecule has 5 nitrogen and oxygen atoms in total. The van der Waals surface area contributed by atoms with Crippen LogP contribution in [0.2, 0.25) is 0 Å². The van der Waals surface area contributed by atoms with Crippen molar-refractivity contribution in [2.45, 2.75) is 6.18 Å². The van der Waals surface area contributed by atoms with E-state index in [-0.39, 0.29) is 5.65 Å². The second kappa shape index (κ2) is 3.19. The van der Waals surface area contributed by atoms with Crippen LogP contribution in [-0.4, -0.2) is 26.0 Å². The maximum Gasteiger partial charge on any atom is 0.418 e. The van der Waals surface area contributed by atoms with Crippen LogP contribution in [0.1, 0.15) is 16.2 Å². The number of carboxylic acid groups (broad SMARTS) is 1. The SMILES string of the molecule is O=C(O)c1nc2nccc(C(F)(F)F)c2[nH]1. The van der Waals surface area contributed by atoms with E-state index >= 15 is 0 Å². The molecule has 0 aliphatic rings. The molecule has 0 spiro atoms. The highest BCUT2D eigenvalue weighted by atomic mass is 19.4. The average Bonchev–Trinajstić information content (AvgIpc) is 2.58. The quantitative estimate of drug-likeness (QED) is 0.782. The first kappa shape index (κ1) is 10.4. The topological polar surface area (TPSA) is 78.9 Å². The Morgan fingerprint density at radius 2 is 2.12 bits per heavy atom. The number of halogens is 3. The summed E-state index contributed by atoms with van der Waals surface area (Å²) in [5.41, 5.74) is -1.68. The number of alkyl halides is 3. The molecule has 8 heteroatoms. The number of aromatic amines is 1. The van der Waals surface area contributed by atoms with E-state index in [1.54, 1.807) is 0 Å². The van der Waals surface area contributed by atoms with Gasteiger partial charge in [0.1, 0.15) is 0 Å². The van der Waals surface area contributed by atoms with E-state index in [4.69, 9.17) is 5.11 Å². The van der Waals surface area contributed by atoms with Crippen LogP contribution in [-0.2, 0) is 6.18 Å². The molecule has 0 aliphatic heterocycles. The maximum atomic E-state index is 12.5. The van der Waals surface area contributed by atoms with Crippen LogP contribution in [0.4, 0.5) is 13.2 Å². The molecule has 2 rings (SSSR count). The third kappa shape index (κ3) is 1.58. The van der Waals surface area contributed by atoms with Crippen molar-refractivity contribution >= 4 is 17.1 Å². The van der Waals surface area contributed by atoms with E-state index in [0.717, 1.165) is 12.3 Å². The molecule has 2 aromatic rings. The molecule has 0 bridgehead atoms. The van der Waals surface area contributed by atoms with Gasteiger partial charge in [0.05, 0.1) is 11.1 Å². The van der Waals surface area contributed by atoms with Crippen molar-refractivity contribution < 1.29 is 23.1 Å². The fraction of sp³-hybridized carbons (Fsp3) is 0.125. The van der Waals surface area contributed by atoms with Crippen LogP contribution in [0.5, 0.6) is 0 Å². The average molecular weight is 231 g/mol. The van der Waals surface area contributed by atoms with E-state index in [1.807, 2.05) is 0 Å². The Labute approximate surface area is 85.9 Å². The molecule has 0 saturated heterocycles. The van der Waals surface area contributed by atoms with Gasteiger partial charge in [0, 0.05) is 6.20 Å². The molecule has 0 amide bonds. The summed E-state index contributed by atoms with van der Waals surface area (Å²) in [6.07, 6.45) is -3.65. The van der Waals surface area contributed by atoms with Crippen LogP contribution >= 0.6 is 0 Å². The number of fused-ring (bicyclic) bond motifs is 1. The van der Waals surface area contributed by atoms with Gasteiger partial charge in [0.2, 0.25) is 5.82 Å². The van der Waals surface area contributed by atoms with Crippen molar-refractivity contribution in [1.82, 2.24) is 15.0 Å². The lowest BCUT2D eigenvalue weighted by atomic mass is 10.2. The van der Waals surface area contributed by atoms with Gasteiger partial charge in [-0.15, -0.1) is 0 Å². The summed E-state index contributed by atoms with van der Waals surface area (Å²) in [4.78, 5) is 19.6. The molecule has 2 heterocycles. The molecule has 0 unspecified atom stereocenters. The van der Waals surface area contributed by atoms with Gasteiger partial charge in [-0.3, -0.25) is 0 Å². The van der Waals surface area contributed by atoms with Gasteiger partial charge in [-0.2, -0.15) is 13.2 Å². The third-order valence-electron chi connectivity index (χ3n) is 1.90. The number of rotatable bonds is 1. The van der Waals surface area contributed by atoms with Crippen molar-refractivity contribution in [2.75, 3.05) is 0 Å². The standard InChI is InChI=1S/C8H4F3N3O2/c9-8(10,11)3-1-2-12-5-4(3)13-6(14-5)7(15)16/h1-2H,(H,15,16)(H,12,13,14). The maximum absolute atomic E-state index is 12.5. The minimum atomic E-state index is -4.58. The molecule has 2 aromatic heterocycles. The Morgan fingerprint density at radius 3 is 2.69 bits per heavy atom. The van der Waals surface area contributed by atoms with Crippen molar-refractivity contribution in [3.8, 4) is 0 Å². The van der Waals surface area contributed by atoms with E-state index in [1.165, 1.54) is 0 Å². The minimum Gasteiger partial charge on any atom is -0.475 e. The highest BCUT2D eigenvalue weighted by Gasteiger charge is 2.34. The van der Waals surface area contributed by atoms with Gasteiger partial charge in [-0.1, -0.05) is 0 Å². The monoisotopic (exact) mass is 231 g/mol. The first-order valence-corrected chi connectivity index (χ1v) is 4.05. The summed E-state index contributed by atoms with van der Waals surface area (Å²) >= 11 is 0. The number of carbonyl (C=O) groups is 1. The molecule has 0 saturated carbocycles. The molecule has 0 aromatic carbocycles. The Bertz CT molecular complexity index is 561. The second-order valence-electron chi connectivity index (χ2n) is 2.95. The number of pyridine rings is 1. The molecule has 84 valence electrons. The Hall–Kier alpha value is -2.12. The number of nitrogens with zero attached hydrogens (tertiary/aromatic N) is 2. The summed E-state index contributed by atoms with van der Waals surface area (Å²) in [7, 11) is 0. The number of carboxylic acids is 1. The van der Waals surface area contributed by atoms with Crippen LogP contribution in [0.15, 0.2) is 12.3 Å². The molecule has 16 heavy (non-hydrogen) atoms. The van der Waals surface area contributed by atoms with Crippen molar-refractivity contribution in [2.24, 2.45) is 0 Å². The van der Waals surface area contributed by atoms with Crippen LogP contribution < -0.4 is 0 Å². The number of hydrogen-bond donors (Lipinski definition) is 2. The van der Waals surface area contributed by atoms with Crippen molar-refractivity contribution in [1.29, 1.82) is 0 Å². The van der Waals surface area contributed by atoms with E-state index in [0.29, 0.717) is 0 Å². The lowest BCUT2D eigenvalue weighted by molar-refractivity contribution is -0.136. The zero-order valence-corrected chi connectivity index (χ0v) is 7.54. The molecular formula is C8H4F3N3O2. The fourth-order valence-corrected chi connectivity index (χ4v) is 1.25. The Balaban J connectivity index is 2.73. The van der Waals surface area contributed by atoms with Gasteiger partial charge in [-0.25, -0.2) is 14.8 Å². The number of aromatic nitrogens is 3. The van der Waals surface area contributed by atoms with Crippen LogP contribution in [0.25, 0.3) is 11.2 Å².